The predicted octanol–water partition coefficient (Wildman–Crippen LogP) is 1.19. The third kappa shape index (κ3) is 1.47. The molecular formula is C12H12N4O. The quantitative estimate of drug-likeness (QED) is 0.720. The SMILES string of the molecule is Nc1cccc2c1N(C(=O)c1ccn[nH]1)CC2. The monoisotopic (exact) mass is 228 g/mol. The van der Waals surface area contributed by atoms with Gasteiger partial charge < -0.3 is 10.6 Å². The van der Waals surface area contributed by atoms with Crippen molar-refractivity contribution < 1.29 is 4.79 Å². The predicted molar refractivity (Wildman–Crippen MR) is 64.8 cm³/mol. The van der Waals surface area contributed by atoms with Gasteiger partial charge in [0, 0.05) is 12.7 Å². The zero-order valence-electron chi connectivity index (χ0n) is 9.18. The molecule has 5 heteroatoms. The summed E-state index contributed by atoms with van der Waals surface area (Å²) in [5.74, 6) is -0.0841. The highest BCUT2D eigenvalue weighted by Gasteiger charge is 2.27. The minimum atomic E-state index is -0.0841. The molecule has 2 heterocycles. The van der Waals surface area contributed by atoms with E-state index in [4.69, 9.17) is 5.73 Å². The van der Waals surface area contributed by atoms with Gasteiger partial charge >= 0.3 is 0 Å². The van der Waals surface area contributed by atoms with Gasteiger partial charge in [-0.05, 0) is 24.1 Å². The Hall–Kier alpha value is -2.30. The normalized spacial score (nSPS) is 13.8. The van der Waals surface area contributed by atoms with Gasteiger partial charge in [-0.25, -0.2) is 0 Å². The van der Waals surface area contributed by atoms with E-state index in [1.165, 1.54) is 0 Å². The molecule has 1 aromatic carbocycles. The minimum Gasteiger partial charge on any atom is -0.397 e. The van der Waals surface area contributed by atoms with E-state index < -0.39 is 0 Å². The standard InChI is InChI=1S/C12H12N4O/c13-9-3-1-2-8-5-7-16(11(8)9)12(17)10-4-6-14-15-10/h1-4,6H,5,7,13H2,(H,14,15). The average molecular weight is 228 g/mol. The molecule has 0 unspecified atom stereocenters. The smallest absolute Gasteiger partial charge is 0.276 e. The summed E-state index contributed by atoms with van der Waals surface area (Å²) in [6, 6.07) is 7.40. The van der Waals surface area contributed by atoms with Crippen LogP contribution in [0.3, 0.4) is 0 Å². The van der Waals surface area contributed by atoms with Gasteiger partial charge in [-0.1, -0.05) is 12.1 Å². The average Bonchev–Trinajstić information content (AvgIpc) is 2.98. The highest BCUT2D eigenvalue weighted by atomic mass is 16.2. The molecule has 3 rings (SSSR count). The fourth-order valence-corrected chi connectivity index (χ4v) is 2.21. The van der Waals surface area contributed by atoms with E-state index in [1.807, 2.05) is 18.2 Å². The first-order chi connectivity index (χ1) is 8.27. The van der Waals surface area contributed by atoms with Gasteiger partial charge in [0.1, 0.15) is 5.69 Å². The number of para-hydroxylation sites is 1. The molecule has 0 atom stereocenters. The molecular weight excluding hydrogens is 216 g/mol. The summed E-state index contributed by atoms with van der Waals surface area (Å²) in [5.41, 5.74) is 9.03. The summed E-state index contributed by atoms with van der Waals surface area (Å²) >= 11 is 0. The van der Waals surface area contributed by atoms with Gasteiger partial charge in [0.15, 0.2) is 0 Å². The number of H-pyrrole nitrogens is 1. The number of amides is 1. The Labute approximate surface area is 98.2 Å². The molecule has 0 radical (unpaired) electrons. The van der Waals surface area contributed by atoms with Crippen LogP contribution in [0.4, 0.5) is 11.4 Å². The fourth-order valence-electron chi connectivity index (χ4n) is 2.21. The van der Waals surface area contributed by atoms with Crippen molar-refractivity contribution in [2.75, 3.05) is 17.2 Å². The van der Waals surface area contributed by atoms with E-state index in [2.05, 4.69) is 10.2 Å². The van der Waals surface area contributed by atoms with Crippen molar-refractivity contribution in [3.8, 4) is 0 Å². The lowest BCUT2D eigenvalue weighted by atomic mass is 10.1. The number of nitrogens with zero attached hydrogens (tertiary/aromatic N) is 2. The summed E-state index contributed by atoms with van der Waals surface area (Å²) in [7, 11) is 0. The summed E-state index contributed by atoms with van der Waals surface area (Å²) in [4.78, 5) is 13.9. The molecule has 0 saturated heterocycles. The molecule has 86 valence electrons. The minimum absolute atomic E-state index is 0.0841. The maximum atomic E-state index is 12.2. The number of rotatable bonds is 1. The number of aromatic nitrogens is 2. The van der Waals surface area contributed by atoms with Crippen LogP contribution in [0, 0.1) is 0 Å². The molecule has 2 aromatic rings. The van der Waals surface area contributed by atoms with Crippen LogP contribution >= 0.6 is 0 Å². The second kappa shape index (κ2) is 3.62. The summed E-state index contributed by atoms with van der Waals surface area (Å²) < 4.78 is 0. The summed E-state index contributed by atoms with van der Waals surface area (Å²) in [5, 5.41) is 6.47. The number of nitrogens with one attached hydrogen (secondary N) is 1. The number of hydrogen-bond acceptors (Lipinski definition) is 3. The van der Waals surface area contributed by atoms with Crippen molar-refractivity contribution in [2.24, 2.45) is 0 Å². The van der Waals surface area contributed by atoms with Gasteiger partial charge in [0.05, 0.1) is 11.4 Å². The topological polar surface area (TPSA) is 75.0 Å². The maximum Gasteiger partial charge on any atom is 0.276 e. The van der Waals surface area contributed by atoms with Gasteiger partial charge in [0.2, 0.25) is 0 Å². The number of fused-ring (bicyclic) bond motifs is 1. The van der Waals surface area contributed by atoms with Gasteiger partial charge in [-0.3, -0.25) is 9.89 Å². The molecule has 1 amide bonds. The van der Waals surface area contributed by atoms with Gasteiger partial charge in [0.25, 0.3) is 5.91 Å². The molecule has 0 fully saturated rings. The van der Waals surface area contributed by atoms with Crippen molar-refractivity contribution in [3.63, 3.8) is 0 Å². The molecule has 0 bridgehead atoms. The van der Waals surface area contributed by atoms with Gasteiger partial charge in [-0.2, -0.15) is 5.10 Å². The number of anilines is 2. The second-order valence-electron chi connectivity index (χ2n) is 4.03. The van der Waals surface area contributed by atoms with Crippen LogP contribution in [-0.2, 0) is 6.42 Å². The molecule has 1 aliphatic heterocycles. The van der Waals surface area contributed by atoms with Crippen molar-refractivity contribution in [2.45, 2.75) is 6.42 Å². The highest BCUT2D eigenvalue weighted by Crippen LogP contribution is 2.34. The number of nitrogen functional groups attached to an aromatic ring is 1. The van der Waals surface area contributed by atoms with E-state index in [1.54, 1.807) is 17.2 Å². The highest BCUT2D eigenvalue weighted by molar-refractivity contribution is 6.07. The number of aromatic amines is 1. The van der Waals surface area contributed by atoms with Crippen molar-refractivity contribution in [1.82, 2.24) is 10.2 Å². The van der Waals surface area contributed by atoms with Gasteiger partial charge in [-0.15, -0.1) is 0 Å². The van der Waals surface area contributed by atoms with Crippen LogP contribution in [0.5, 0.6) is 0 Å². The lowest BCUT2D eigenvalue weighted by Gasteiger charge is -2.17. The Morgan fingerprint density at radius 2 is 2.29 bits per heavy atom. The second-order valence-corrected chi connectivity index (χ2v) is 4.03. The molecule has 17 heavy (non-hydrogen) atoms. The molecule has 0 saturated carbocycles. The first kappa shape index (κ1) is 9.89. The zero-order valence-corrected chi connectivity index (χ0v) is 9.18. The molecule has 1 aromatic heterocycles. The Morgan fingerprint density at radius 3 is 3.06 bits per heavy atom. The van der Waals surface area contributed by atoms with Crippen LogP contribution in [0.1, 0.15) is 16.1 Å². The third-order valence-electron chi connectivity index (χ3n) is 3.00. The Kier molecular flexibility index (Phi) is 2.11. The Morgan fingerprint density at radius 1 is 1.41 bits per heavy atom. The molecule has 0 spiro atoms. The first-order valence-corrected chi connectivity index (χ1v) is 5.46. The van der Waals surface area contributed by atoms with Crippen LogP contribution < -0.4 is 10.6 Å². The van der Waals surface area contributed by atoms with E-state index in [0.717, 1.165) is 17.7 Å². The zero-order chi connectivity index (χ0) is 11.8. The number of carbonyl (C=O) groups excluding carboxylic acids is 1. The van der Waals surface area contributed by atoms with Crippen LogP contribution in [0.2, 0.25) is 0 Å². The van der Waals surface area contributed by atoms with Crippen molar-refractivity contribution in [1.29, 1.82) is 0 Å². The number of hydrogen-bond donors (Lipinski definition) is 2. The fraction of sp³-hybridized carbons (Fsp3) is 0.167. The number of nitrogens with two attached hydrogens (primary N) is 1. The Bertz CT molecular complexity index is 562. The van der Waals surface area contributed by atoms with Crippen LogP contribution in [0.25, 0.3) is 0 Å². The molecule has 1 aliphatic rings. The first-order valence-electron chi connectivity index (χ1n) is 5.46. The van der Waals surface area contributed by atoms with Crippen molar-refractivity contribution >= 4 is 17.3 Å². The molecule has 5 nitrogen and oxygen atoms in total. The summed E-state index contributed by atoms with van der Waals surface area (Å²) in [6.07, 6.45) is 2.42. The molecule has 0 aliphatic carbocycles. The summed E-state index contributed by atoms with van der Waals surface area (Å²) in [6.45, 7) is 0.668. The van der Waals surface area contributed by atoms with E-state index >= 15 is 0 Å². The lowest BCUT2D eigenvalue weighted by Crippen LogP contribution is -2.29. The van der Waals surface area contributed by atoms with E-state index in [9.17, 15) is 4.79 Å². The van der Waals surface area contributed by atoms with Crippen LogP contribution in [-0.4, -0.2) is 22.6 Å². The molecule has 3 N–H and O–H groups in total. The van der Waals surface area contributed by atoms with E-state index in [0.29, 0.717) is 17.9 Å². The van der Waals surface area contributed by atoms with Crippen molar-refractivity contribution in [3.05, 3.63) is 41.7 Å². The third-order valence-corrected chi connectivity index (χ3v) is 3.00. The Balaban J connectivity index is 2.02. The van der Waals surface area contributed by atoms with Crippen LogP contribution in [0.15, 0.2) is 30.5 Å². The van der Waals surface area contributed by atoms with E-state index in [-0.39, 0.29) is 5.91 Å². The number of benzene rings is 1. The number of carbonyl (C=O) groups is 1. The maximum absolute atomic E-state index is 12.2. The lowest BCUT2D eigenvalue weighted by molar-refractivity contribution is 0.0984. The largest absolute Gasteiger partial charge is 0.397 e.